The third-order valence-electron chi connectivity index (χ3n) is 3.96. The van der Waals surface area contributed by atoms with Crippen molar-refractivity contribution < 1.29 is 19.4 Å². The lowest BCUT2D eigenvalue weighted by atomic mass is 9.91. The van der Waals surface area contributed by atoms with Crippen molar-refractivity contribution in [2.45, 2.75) is 43.6 Å². The lowest BCUT2D eigenvalue weighted by Gasteiger charge is -2.21. The summed E-state index contributed by atoms with van der Waals surface area (Å²) in [5.41, 5.74) is 0.686. The Morgan fingerprint density at radius 2 is 2.15 bits per heavy atom. The molecule has 0 atom stereocenters. The van der Waals surface area contributed by atoms with Crippen LogP contribution in [0.5, 0.6) is 11.5 Å². The van der Waals surface area contributed by atoms with Crippen molar-refractivity contribution in [1.82, 2.24) is 0 Å². The molecule has 0 aliphatic heterocycles. The average Bonchev–Trinajstić information content (AvgIpc) is 3.27. The van der Waals surface area contributed by atoms with Gasteiger partial charge in [0.05, 0.1) is 19.6 Å². The third kappa shape index (κ3) is 2.64. The molecule has 0 aromatic heterocycles. The molecule has 0 heterocycles. The predicted octanol–water partition coefficient (Wildman–Crippen LogP) is 3.51. The molecule has 4 nitrogen and oxygen atoms in total. The van der Waals surface area contributed by atoms with E-state index in [9.17, 15) is 4.79 Å². The smallest absolute Gasteiger partial charge is 0.304 e. The monoisotopic (exact) mass is 340 g/mol. The van der Waals surface area contributed by atoms with Gasteiger partial charge in [0, 0.05) is 15.5 Å². The number of carboxylic acid groups (broad SMARTS) is 1. The molecule has 2 aliphatic carbocycles. The highest BCUT2D eigenvalue weighted by Crippen LogP contribution is 2.56. The van der Waals surface area contributed by atoms with Crippen LogP contribution in [0.2, 0.25) is 0 Å². The second kappa shape index (κ2) is 4.95. The van der Waals surface area contributed by atoms with Crippen LogP contribution in [0.3, 0.4) is 0 Å². The van der Waals surface area contributed by atoms with Gasteiger partial charge in [0.25, 0.3) is 0 Å². The van der Waals surface area contributed by atoms with E-state index in [0.717, 1.165) is 41.5 Å². The SMILES string of the molecule is COc1cc(Br)cc(C2(CC(=O)O)CC2)c1OC1CC1. The average molecular weight is 341 g/mol. The number of rotatable bonds is 6. The lowest BCUT2D eigenvalue weighted by molar-refractivity contribution is -0.137. The molecule has 2 fully saturated rings. The fraction of sp³-hybridized carbons (Fsp3) is 0.533. The first-order chi connectivity index (χ1) is 9.54. The molecule has 2 aliphatic rings. The zero-order valence-corrected chi connectivity index (χ0v) is 12.9. The van der Waals surface area contributed by atoms with E-state index in [0.29, 0.717) is 5.75 Å². The van der Waals surface area contributed by atoms with E-state index >= 15 is 0 Å². The molecule has 108 valence electrons. The van der Waals surface area contributed by atoms with E-state index in [4.69, 9.17) is 14.6 Å². The maximum absolute atomic E-state index is 11.1. The first-order valence-corrected chi connectivity index (χ1v) is 7.60. The van der Waals surface area contributed by atoms with E-state index in [1.54, 1.807) is 7.11 Å². The van der Waals surface area contributed by atoms with Crippen molar-refractivity contribution in [3.05, 3.63) is 22.2 Å². The van der Waals surface area contributed by atoms with E-state index in [1.807, 2.05) is 12.1 Å². The summed E-state index contributed by atoms with van der Waals surface area (Å²) in [4.78, 5) is 11.1. The normalized spacial score (nSPS) is 19.5. The zero-order valence-electron chi connectivity index (χ0n) is 11.3. The van der Waals surface area contributed by atoms with Gasteiger partial charge in [0.1, 0.15) is 0 Å². The van der Waals surface area contributed by atoms with E-state index in [-0.39, 0.29) is 17.9 Å². The van der Waals surface area contributed by atoms with Crippen LogP contribution in [0.25, 0.3) is 0 Å². The summed E-state index contributed by atoms with van der Waals surface area (Å²) in [6.07, 6.45) is 4.30. The van der Waals surface area contributed by atoms with Gasteiger partial charge in [0.15, 0.2) is 11.5 Å². The van der Waals surface area contributed by atoms with Gasteiger partial charge in [0.2, 0.25) is 0 Å². The van der Waals surface area contributed by atoms with Crippen LogP contribution in [0.15, 0.2) is 16.6 Å². The van der Waals surface area contributed by atoms with Gasteiger partial charge < -0.3 is 14.6 Å². The summed E-state index contributed by atoms with van der Waals surface area (Å²) in [6.45, 7) is 0. The minimum atomic E-state index is -0.765. The highest BCUT2D eigenvalue weighted by atomic mass is 79.9. The summed E-state index contributed by atoms with van der Waals surface area (Å²) >= 11 is 3.47. The Hall–Kier alpha value is -1.23. The molecule has 1 aromatic rings. The van der Waals surface area contributed by atoms with Crippen molar-refractivity contribution in [1.29, 1.82) is 0 Å². The fourth-order valence-corrected chi connectivity index (χ4v) is 3.01. The fourth-order valence-electron chi connectivity index (χ4n) is 2.57. The van der Waals surface area contributed by atoms with Crippen molar-refractivity contribution >= 4 is 21.9 Å². The molecule has 3 rings (SSSR count). The molecular weight excluding hydrogens is 324 g/mol. The Bertz CT molecular complexity index is 547. The highest BCUT2D eigenvalue weighted by Gasteiger charge is 2.49. The number of carbonyl (C=O) groups is 1. The van der Waals surface area contributed by atoms with E-state index < -0.39 is 5.97 Å². The van der Waals surface area contributed by atoms with Gasteiger partial charge in [-0.25, -0.2) is 0 Å². The van der Waals surface area contributed by atoms with Crippen molar-refractivity contribution in [2.75, 3.05) is 7.11 Å². The molecule has 0 bridgehead atoms. The van der Waals surface area contributed by atoms with Gasteiger partial charge in [-0.05, 0) is 37.8 Å². The minimum absolute atomic E-state index is 0.146. The summed E-state index contributed by atoms with van der Waals surface area (Å²) < 4.78 is 12.3. The second-order valence-corrected chi connectivity index (χ2v) is 6.57. The minimum Gasteiger partial charge on any atom is -0.493 e. The summed E-state index contributed by atoms with van der Waals surface area (Å²) in [7, 11) is 1.61. The van der Waals surface area contributed by atoms with Gasteiger partial charge in [-0.1, -0.05) is 15.9 Å². The highest BCUT2D eigenvalue weighted by molar-refractivity contribution is 9.10. The van der Waals surface area contributed by atoms with Crippen LogP contribution < -0.4 is 9.47 Å². The predicted molar refractivity (Wildman–Crippen MR) is 77.5 cm³/mol. The molecule has 2 saturated carbocycles. The molecular formula is C15H17BrO4. The zero-order chi connectivity index (χ0) is 14.3. The number of carboxylic acids is 1. The Labute approximate surface area is 126 Å². The topological polar surface area (TPSA) is 55.8 Å². The Balaban J connectivity index is 2.03. The molecule has 0 amide bonds. The van der Waals surface area contributed by atoms with E-state index in [1.165, 1.54) is 0 Å². The second-order valence-electron chi connectivity index (χ2n) is 5.65. The van der Waals surface area contributed by atoms with Crippen LogP contribution in [-0.4, -0.2) is 24.3 Å². The molecule has 0 radical (unpaired) electrons. The third-order valence-corrected chi connectivity index (χ3v) is 4.42. The van der Waals surface area contributed by atoms with Gasteiger partial charge in [-0.2, -0.15) is 0 Å². The van der Waals surface area contributed by atoms with Gasteiger partial charge >= 0.3 is 5.97 Å². The number of ether oxygens (including phenoxy) is 2. The van der Waals surface area contributed by atoms with Crippen LogP contribution in [0.1, 0.15) is 37.7 Å². The Kier molecular flexibility index (Phi) is 3.40. The van der Waals surface area contributed by atoms with Crippen LogP contribution >= 0.6 is 15.9 Å². The van der Waals surface area contributed by atoms with Crippen LogP contribution in [0, 0.1) is 0 Å². The number of hydrogen-bond donors (Lipinski definition) is 1. The van der Waals surface area contributed by atoms with Crippen molar-refractivity contribution in [3.8, 4) is 11.5 Å². The molecule has 0 spiro atoms. The number of methoxy groups -OCH3 is 1. The molecule has 20 heavy (non-hydrogen) atoms. The van der Waals surface area contributed by atoms with Crippen molar-refractivity contribution in [3.63, 3.8) is 0 Å². The first-order valence-electron chi connectivity index (χ1n) is 6.80. The first kappa shape index (κ1) is 13.7. The molecule has 5 heteroatoms. The molecule has 1 aromatic carbocycles. The largest absolute Gasteiger partial charge is 0.493 e. The van der Waals surface area contributed by atoms with Gasteiger partial charge in [-0.15, -0.1) is 0 Å². The summed E-state index contributed by atoms with van der Waals surface area (Å²) in [6, 6.07) is 3.86. The number of benzene rings is 1. The van der Waals surface area contributed by atoms with Crippen LogP contribution in [-0.2, 0) is 10.2 Å². The van der Waals surface area contributed by atoms with Crippen LogP contribution in [0.4, 0.5) is 0 Å². The Morgan fingerprint density at radius 1 is 1.45 bits per heavy atom. The maximum Gasteiger partial charge on any atom is 0.304 e. The summed E-state index contributed by atoms with van der Waals surface area (Å²) in [5.74, 6) is 0.647. The van der Waals surface area contributed by atoms with Crippen molar-refractivity contribution in [2.24, 2.45) is 0 Å². The number of aliphatic carboxylic acids is 1. The molecule has 0 unspecified atom stereocenters. The van der Waals surface area contributed by atoms with E-state index in [2.05, 4.69) is 15.9 Å². The maximum atomic E-state index is 11.1. The number of halogens is 1. The molecule has 1 N–H and O–H groups in total. The molecule has 0 saturated heterocycles. The standard InChI is InChI=1S/C15H17BrO4/c1-19-12-7-9(16)6-11(14(12)20-10-2-3-10)15(4-5-15)8-13(17)18/h6-7,10H,2-5,8H2,1H3,(H,17,18). The Morgan fingerprint density at radius 3 is 2.65 bits per heavy atom. The summed E-state index contributed by atoms with van der Waals surface area (Å²) in [5, 5.41) is 9.15. The van der Waals surface area contributed by atoms with Gasteiger partial charge in [-0.3, -0.25) is 4.79 Å². The quantitative estimate of drug-likeness (QED) is 0.860. The number of hydrogen-bond acceptors (Lipinski definition) is 3. The lowest BCUT2D eigenvalue weighted by Crippen LogP contribution is -2.15.